The molecule has 0 saturated heterocycles. The normalized spacial score (nSPS) is 15.9. The largest absolute Gasteiger partial charge is 0.463 e. The van der Waals surface area contributed by atoms with E-state index >= 15 is 0 Å². The summed E-state index contributed by atoms with van der Waals surface area (Å²) in [6, 6.07) is 15.2. The van der Waals surface area contributed by atoms with Gasteiger partial charge >= 0.3 is 5.97 Å². The second-order valence-corrected chi connectivity index (χ2v) is 10.2. The second-order valence-electron chi connectivity index (χ2n) is 8.24. The number of allylic oxidation sites excluding steroid dienone is 1. The molecule has 1 aliphatic rings. The SMILES string of the molecule is CCOC(=O)C1=C(C)N=c2s/c(=C\c3cn(CC)c4ccccc34)c(=O)n2[C@H]1c1ccc(Br)cc1. The van der Waals surface area contributed by atoms with Crippen molar-refractivity contribution in [2.75, 3.05) is 6.61 Å². The topological polar surface area (TPSA) is 65.6 Å². The van der Waals surface area contributed by atoms with Crippen LogP contribution in [-0.4, -0.2) is 21.7 Å². The van der Waals surface area contributed by atoms with Crippen molar-refractivity contribution in [3.8, 4) is 0 Å². The average molecular weight is 550 g/mol. The van der Waals surface area contributed by atoms with E-state index in [1.54, 1.807) is 18.4 Å². The van der Waals surface area contributed by atoms with E-state index in [4.69, 9.17) is 4.74 Å². The van der Waals surface area contributed by atoms with Gasteiger partial charge in [-0.2, -0.15) is 0 Å². The fourth-order valence-electron chi connectivity index (χ4n) is 4.55. The van der Waals surface area contributed by atoms with Crippen LogP contribution in [0.15, 0.2) is 80.3 Å². The van der Waals surface area contributed by atoms with Crippen LogP contribution in [0.5, 0.6) is 0 Å². The first-order valence-electron chi connectivity index (χ1n) is 11.5. The molecule has 1 atom stereocenters. The number of benzene rings is 2. The van der Waals surface area contributed by atoms with Gasteiger partial charge in [0.15, 0.2) is 4.80 Å². The van der Waals surface area contributed by atoms with E-state index < -0.39 is 12.0 Å². The zero-order chi connectivity index (χ0) is 24.7. The summed E-state index contributed by atoms with van der Waals surface area (Å²) in [5.41, 5.74) is 3.70. The van der Waals surface area contributed by atoms with Gasteiger partial charge in [-0.05, 0) is 50.6 Å². The van der Waals surface area contributed by atoms with Gasteiger partial charge in [0, 0.05) is 33.7 Å². The van der Waals surface area contributed by atoms with Crippen molar-refractivity contribution in [2.24, 2.45) is 4.99 Å². The molecule has 8 heteroatoms. The van der Waals surface area contributed by atoms with E-state index in [9.17, 15) is 9.59 Å². The Morgan fingerprint density at radius 1 is 1.17 bits per heavy atom. The van der Waals surface area contributed by atoms with Crippen LogP contribution in [-0.2, 0) is 16.1 Å². The molecule has 35 heavy (non-hydrogen) atoms. The Morgan fingerprint density at radius 2 is 1.91 bits per heavy atom. The molecule has 0 unspecified atom stereocenters. The summed E-state index contributed by atoms with van der Waals surface area (Å²) in [7, 11) is 0. The molecule has 0 N–H and O–H groups in total. The van der Waals surface area contributed by atoms with Crippen molar-refractivity contribution in [1.82, 2.24) is 9.13 Å². The van der Waals surface area contributed by atoms with Gasteiger partial charge in [-0.3, -0.25) is 9.36 Å². The van der Waals surface area contributed by atoms with Crippen LogP contribution < -0.4 is 14.9 Å². The Balaban J connectivity index is 1.75. The van der Waals surface area contributed by atoms with Crippen molar-refractivity contribution in [3.63, 3.8) is 0 Å². The number of esters is 1. The van der Waals surface area contributed by atoms with Crippen molar-refractivity contribution >= 4 is 50.2 Å². The lowest BCUT2D eigenvalue weighted by Crippen LogP contribution is -2.39. The quantitative estimate of drug-likeness (QED) is 0.343. The number of nitrogens with zero attached hydrogens (tertiary/aromatic N) is 3. The van der Waals surface area contributed by atoms with Crippen molar-refractivity contribution < 1.29 is 9.53 Å². The number of hydrogen-bond acceptors (Lipinski definition) is 5. The molecule has 0 saturated carbocycles. The Labute approximate surface area is 214 Å². The predicted molar refractivity (Wildman–Crippen MR) is 142 cm³/mol. The number of fused-ring (bicyclic) bond motifs is 2. The Morgan fingerprint density at radius 3 is 2.63 bits per heavy atom. The lowest BCUT2D eigenvalue weighted by Gasteiger charge is -2.24. The van der Waals surface area contributed by atoms with Gasteiger partial charge in [0.1, 0.15) is 0 Å². The number of ether oxygens (including phenoxy) is 1. The smallest absolute Gasteiger partial charge is 0.338 e. The zero-order valence-electron chi connectivity index (χ0n) is 19.6. The van der Waals surface area contributed by atoms with Crippen molar-refractivity contribution in [3.05, 3.63) is 101 Å². The molecule has 2 aromatic heterocycles. The third-order valence-corrected chi connectivity index (χ3v) is 7.66. The molecule has 0 amide bonds. The second kappa shape index (κ2) is 9.43. The van der Waals surface area contributed by atoms with E-state index in [0.29, 0.717) is 20.6 Å². The molecule has 4 aromatic rings. The van der Waals surface area contributed by atoms with Crippen molar-refractivity contribution in [1.29, 1.82) is 0 Å². The van der Waals surface area contributed by atoms with Gasteiger partial charge in [-0.15, -0.1) is 0 Å². The molecule has 1 aliphatic heterocycles. The fourth-order valence-corrected chi connectivity index (χ4v) is 5.85. The maximum atomic E-state index is 13.8. The molecule has 3 heterocycles. The highest BCUT2D eigenvalue weighted by Gasteiger charge is 2.33. The van der Waals surface area contributed by atoms with E-state index in [2.05, 4.69) is 50.7 Å². The zero-order valence-corrected chi connectivity index (χ0v) is 22.0. The first-order chi connectivity index (χ1) is 16.9. The minimum absolute atomic E-state index is 0.177. The summed E-state index contributed by atoms with van der Waals surface area (Å²) >= 11 is 4.81. The summed E-state index contributed by atoms with van der Waals surface area (Å²) in [5, 5.41) is 1.09. The van der Waals surface area contributed by atoms with Crippen LogP contribution >= 0.6 is 27.3 Å². The maximum Gasteiger partial charge on any atom is 0.338 e. The third kappa shape index (κ3) is 4.10. The summed E-state index contributed by atoms with van der Waals surface area (Å²) in [4.78, 5) is 32.0. The number of carbonyl (C=O) groups is 1. The van der Waals surface area contributed by atoms with Crippen LogP contribution in [0.3, 0.4) is 0 Å². The van der Waals surface area contributed by atoms with Gasteiger partial charge < -0.3 is 9.30 Å². The van der Waals surface area contributed by atoms with Gasteiger partial charge in [0.05, 0.1) is 28.5 Å². The minimum Gasteiger partial charge on any atom is -0.463 e. The summed E-state index contributed by atoms with van der Waals surface area (Å²) < 4.78 is 10.6. The molecule has 178 valence electrons. The minimum atomic E-state index is -0.613. The molecule has 0 spiro atoms. The van der Waals surface area contributed by atoms with Crippen LogP contribution in [0.25, 0.3) is 17.0 Å². The van der Waals surface area contributed by atoms with E-state index in [-0.39, 0.29) is 12.2 Å². The first kappa shape index (κ1) is 23.5. The van der Waals surface area contributed by atoms with Crippen LogP contribution in [0, 0.1) is 0 Å². The van der Waals surface area contributed by atoms with Crippen LogP contribution in [0.1, 0.15) is 37.9 Å². The van der Waals surface area contributed by atoms with Gasteiger partial charge in [0.25, 0.3) is 5.56 Å². The van der Waals surface area contributed by atoms with Gasteiger partial charge in [-0.1, -0.05) is 57.6 Å². The highest BCUT2D eigenvalue weighted by Crippen LogP contribution is 2.31. The predicted octanol–water partition coefficient (Wildman–Crippen LogP) is 4.54. The highest BCUT2D eigenvalue weighted by atomic mass is 79.9. The Bertz CT molecular complexity index is 1660. The summed E-state index contributed by atoms with van der Waals surface area (Å²) in [6.45, 7) is 6.74. The number of hydrogen-bond donors (Lipinski definition) is 0. The molecule has 0 aliphatic carbocycles. The average Bonchev–Trinajstić information content (AvgIpc) is 3.36. The number of thiazole rings is 1. The highest BCUT2D eigenvalue weighted by molar-refractivity contribution is 9.10. The number of aromatic nitrogens is 2. The lowest BCUT2D eigenvalue weighted by molar-refractivity contribution is -0.139. The number of para-hydroxylation sites is 1. The van der Waals surface area contributed by atoms with Crippen LogP contribution in [0.4, 0.5) is 0 Å². The van der Waals surface area contributed by atoms with E-state index in [0.717, 1.165) is 33.0 Å². The third-order valence-electron chi connectivity index (χ3n) is 6.15. The Kier molecular flexibility index (Phi) is 6.34. The monoisotopic (exact) mass is 549 g/mol. The molecular formula is C27H24BrN3O3S. The Hall–Kier alpha value is -3.23. The summed E-state index contributed by atoms with van der Waals surface area (Å²) in [5.74, 6) is -0.457. The molecule has 6 nitrogen and oxygen atoms in total. The van der Waals surface area contributed by atoms with E-state index in [1.807, 2.05) is 42.5 Å². The summed E-state index contributed by atoms with van der Waals surface area (Å²) in [6.07, 6.45) is 4.00. The fraction of sp³-hybridized carbons (Fsp3) is 0.222. The number of carbonyl (C=O) groups excluding carboxylic acids is 1. The van der Waals surface area contributed by atoms with E-state index in [1.165, 1.54) is 11.3 Å². The number of rotatable bonds is 5. The first-order valence-corrected chi connectivity index (χ1v) is 13.1. The lowest BCUT2D eigenvalue weighted by atomic mass is 9.96. The van der Waals surface area contributed by atoms with Crippen molar-refractivity contribution in [2.45, 2.75) is 33.4 Å². The standard InChI is InChI=1S/C27H24BrN3O3S/c1-4-30-15-18(20-8-6-7-9-21(20)30)14-22-25(32)31-24(17-10-12-19(28)13-11-17)23(26(33)34-5-2)16(3)29-27(31)35-22/h6-15,24H,4-5H2,1-3H3/b22-14-/t24-/m0/s1. The van der Waals surface area contributed by atoms with Gasteiger partial charge in [-0.25, -0.2) is 9.79 Å². The number of halogens is 1. The number of aryl methyl sites for hydroxylation is 1. The van der Waals surface area contributed by atoms with Gasteiger partial charge in [0.2, 0.25) is 0 Å². The molecule has 2 aromatic carbocycles. The molecule has 5 rings (SSSR count). The molecule has 0 bridgehead atoms. The molecule has 0 radical (unpaired) electrons. The molecule has 0 fully saturated rings. The van der Waals surface area contributed by atoms with Crippen LogP contribution in [0.2, 0.25) is 0 Å². The molecular weight excluding hydrogens is 526 g/mol. The maximum absolute atomic E-state index is 13.8.